The van der Waals surface area contributed by atoms with Crippen LogP contribution in [0, 0.1) is 0 Å². The third-order valence-corrected chi connectivity index (χ3v) is 6.02. The predicted molar refractivity (Wildman–Crippen MR) is 94.5 cm³/mol. The van der Waals surface area contributed by atoms with Gasteiger partial charge in [0.1, 0.15) is 10.6 Å². The maximum atomic E-state index is 11.6. The summed E-state index contributed by atoms with van der Waals surface area (Å²) in [7, 11) is -13.9. The highest BCUT2D eigenvalue weighted by molar-refractivity contribution is 7.86. The fraction of sp³-hybridized carbons (Fsp3) is 0.231. The zero-order valence-electron chi connectivity index (χ0n) is 13.4. The van der Waals surface area contributed by atoms with Crippen molar-refractivity contribution in [2.45, 2.75) is 16.2 Å². The van der Waals surface area contributed by atoms with E-state index in [0.29, 0.717) is 0 Å². The number of rotatable bonds is 7. The Balaban J connectivity index is 2.65. The van der Waals surface area contributed by atoms with E-state index in [9.17, 15) is 34.4 Å². The molecule has 2 aromatic carbocycles. The first kappa shape index (κ1) is 21.3. The van der Waals surface area contributed by atoms with Gasteiger partial charge in [0.15, 0.2) is 0 Å². The van der Waals surface area contributed by atoms with E-state index in [1.54, 1.807) is 0 Å². The summed E-state index contributed by atoms with van der Waals surface area (Å²) in [5.74, 6) is -0.827. The van der Waals surface area contributed by atoms with Gasteiger partial charge in [-0.15, -0.1) is 0 Å². The zero-order valence-corrected chi connectivity index (χ0v) is 15.9. The van der Waals surface area contributed by atoms with Crippen LogP contribution in [0.2, 0.25) is 0 Å². The van der Waals surface area contributed by atoms with E-state index in [0.717, 1.165) is 18.2 Å². The summed E-state index contributed by atoms with van der Waals surface area (Å²) in [6.45, 7) is -0.282. The van der Waals surface area contributed by atoms with Crippen LogP contribution < -0.4 is 10.5 Å². The van der Waals surface area contributed by atoms with Gasteiger partial charge in [0.2, 0.25) is 0 Å². The SMILES string of the molecule is Nc1ccc2c(OCCCS(=O)(=O)O)cc(S(=O)(=O)O)cc2c1S(=O)(=O)O. The van der Waals surface area contributed by atoms with Crippen LogP contribution >= 0.6 is 0 Å². The standard InChI is InChI=1S/C13H15NO10S3/c14-11-3-2-9-10(13(11)27(21,22)23)6-8(26(18,19)20)7-12(9)24-4-1-5-25(15,16)17/h2-3,6-7H,1,4-5,14H2,(H,15,16,17)(H,18,19,20)(H,21,22,23). The first-order chi connectivity index (χ1) is 12.2. The summed E-state index contributed by atoms with van der Waals surface area (Å²) in [4.78, 5) is -1.50. The molecule has 0 atom stereocenters. The maximum absolute atomic E-state index is 11.6. The molecule has 0 amide bonds. The van der Waals surface area contributed by atoms with Crippen molar-refractivity contribution < 1.29 is 43.6 Å². The Labute approximate surface area is 155 Å². The second-order valence-corrected chi connectivity index (χ2v) is 9.79. The number of ether oxygens (including phenoxy) is 1. The van der Waals surface area contributed by atoms with Crippen LogP contribution in [0.25, 0.3) is 10.8 Å². The van der Waals surface area contributed by atoms with Crippen LogP contribution in [0.5, 0.6) is 5.75 Å². The van der Waals surface area contributed by atoms with Crippen LogP contribution in [0.15, 0.2) is 34.1 Å². The molecule has 2 rings (SSSR count). The summed E-state index contributed by atoms with van der Waals surface area (Å²) in [5.41, 5.74) is 5.20. The van der Waals surface area contributed by atoms with Gasteiger partial charge in [0, 0.05) is 16.8 Å². The van der Waals surface area contributed by atoms with Gasteiger partial charge in [-0.2, -0.15) is 25.3 Å². The van der Waals surface area contributed by atoms with E-state index >= 15 is 0 Å². The summed E-state index contributed by atoms with van der Waals surface area (Å²) >= 11 is 0. The lowest BCUT2D eigenvalue weighted by molar-refractivity contribution is 0.319. The Morgan fingerprint density at radius 1 is 0.889 bits per heavy atom. The van der Waals surface area contributed by atoms with Crippen LogP contribution in [0.3, 0.4) is 0 Å². The number of hydrogen-bond acceptors (Lipinski definition) is 8. The van der Waals surface area contributed by atoms with Crippen LogP contribution in [-0.2, 0) is 30.4 Å². The molecule has 0 aliphatic heterocycles. The molecule has 0 aliphatic carbocycles. The molecular formula is C13H15NO10S3. The van der Waals surface area contributed by atoms with Gasteiger partial charge < -0.3 is 10.5 Å². The van der Waals surface area contributed by atoms with Crippen LogP contribution in [0.4, 0.5) is 5.69 Å². The van der Waals surface area contributed by atoms with Gasteiger partial charge in [0.25, 0.3) is 30.4 Å². The van der Waals surface area contributed by atoms with Gasteiger partial charge in [0.05, 0.1) is 22.9 Å². The van der Waals surface area contributed by atoms with Crippen LogP contribution in [0.1, 0.15) is 6.42 Å². The molecule has 0 aromatic heterocycles. The number of benzene rings is 2. The maximum Gasteiger partial charge on any atom is 0.297 e. The van der Waals surface area contributed by atoms with Gasteiger partial charge in [-0.25, -0.2) is 0 Å². The second kappa shape index (κ2) is 7.21. The van der Waals surface area contributed by atoms with Crippen molar-refractivity contribution in [3.8, 4) is 5.75 Å². The van der Waals surface area contributed by atoms with Crippen LogP contribution in [-0.4, -0.2) is 51.3 Å². The Morgan fingerprint density at radius 3 is 2.04 bits per heavy atom. The van der Waals surface area contributed by atoms with Crippen molar-refractivity contribution in [3.63, 3.8) is 0 Å². The largest absolute Gasteiger partial charge is 0.493 e. The molecule has 27 heavy (non-hydrogen) atoms. The summed E-state index contributed by atoms with van der Waals surface area (Å²) < 4.78 is 100. The van der Waals surface area contributed by atoms with E-state index in [-0.39, 0.29) is 35.2 Å². The van der Waals surface area contributed by atoms with Crippen molar-refractivity contribution in [2.24, 2.45) is 0 Å². The number of fused-ring (bicyclic) bond motifs is 1. The topological polar surface area (TPSA) is 198 Å². The quantitative estimate of drug-likeness (QED) is 0.266. The lowest BCUT2D eigenvalue weighted by Crippen LogP contribution is -2.10. The molecule has 14 heteroatoms. The molecule has 0 bridgehead atoms. The minimum Gasteiger partial charge on any atom is -0.493 e. The fourth-order valence-corrected chi connectivity index (χ4v) is 4.16. The van der Waals surface area contributed by atoms with E-state index in [1.165, 1.54) is 6.07 Å². The highest BCUT2D eigenvalue weighted by Gasteiger charge is 2.23. The molecule has 0 fully saturated rings. The Morgan fingerprint density at radius 2 is 1.52 bits per heavy atom. The van der Waals surface area contributed by atoms with E-state index in [1.807, 2.05) is 0 Å². The van der Waals surface area contributed by atoms with Gasteiger partial charge >= 0.3 is 0 Å². The Kier molecular flexibility index (Phi) is 5.70. The number of nitrogens with two attached hydrogens (primary N) is 1. The molecule has 0 saturated heterocycles. The van der Waals surface area contributed by atoms with E-state index in [2.05, 4.69) is 0 Å². The molecule has 0 aliphatic rings. The third kappa shape index (κ3) is 5.27. The average molecular weight is 441 g/mol. The smallest absolute Gasteiger partial charge is 0.297 e. The predicted octanol–water partition coefficient (Wildman–Crippen LogP) is 0.572. The highest BCUT2D eigenvalue weighted by Crippen LogP contribution is 2.36. The van der Waals surface area contributed by atoms with Crippen molar-refractivity contribution in [2.75, 3.05) is 18.1 Å². The van der Waals surface area contributed by atoms with Crippen molar-refractivity contribution >= 4 is 46.8 Å². The Hall–Kier alpha value is -1.97. The molecule has 0 heterocycles. The summed E-state index contributed by atoms with van der Waals surface area (Å²) in [6.07, 6.45) is -0.156. The Bertz CT molecular complexity index is 1200. The lowest BCUT2D eigenvalue weighted by atomic mass is 10.1. The van der Waals surface area contributed by atoms with Crippen molar-refractivity contribution in [1.29, 1.82) is 0 Å². The van der Waals surface area contributed by atoms with E-state index < -0.39 is 45.9 Å². The molecular weight excluding hydrogens is 426 g/mol. The summed E-state index contributed by atoms with van der Waals surface area (Å²) in [5, 5.41) is -0.284. The van der Waals surface area contributed by atoms with Crippen molar-refractivity contribution in [3.05, 3.63) is 24.3 Å². The lowest BCUT2D eigenvalue weighted by Gasteiger charge is -2.14. The monoisotopic (exact) mass is 441 g/mol. The fourth-order valence-electron chi connectivity index (χ4n) is 2.35. The molecule has 5 N–H and O–H groups in total. The molecule has 150 valence electrons. The average Bonchev–Trinajstić information content (AvgIpc) is 2.47. The second-order valence-electron chi connectivity index (χ2n) is 5.44. The van der Waals surface area contributed by atoms with Crippen molar-refractivity contribution in [1.82, 2.24) is 0 Å². The first-order valence-corrected chi connectivity index (χ1v) is 11.6. The number of nitrogen functional groups attached to an aromatic ring is 1. The number of anilines is 1. The minimum absolute atomic E-state index is 0.0380. The minimum atomic E-state index is -4.85. The zero-order chi connectivity index (χ0) is 20.6. The van der Waals surface area contributed by atoms with E-state index in [4.69, 9.17) is 15.0 Å². The van der Waals surface area contributed by atoms with Gasteiger partial charge in [-0.05, 0) is 24.6 Å². The molecule has 0 saturated carbocycles. The molecule has 0 radical (unpaired) electrons. The first-order valence-electron chi connectivity index (χ1n) is 7.09. The van der Waals surface area contributed by atoms with Gasteiger partial charge in [-0.1, -0.05) is 0 Å². The normalized spacial score (nSPS) is 13.0. The molecule has 0 unspecified atom stereocenters. The summed E-state index contributed by atoms with van der Waals surface area (Å²) in [6, 6.07) is 4.14. The molecule has 2 aromatic rings. The third-order valence-electron chi connectivity index (χ3n) is 3.41. The molecule has 11 nitrogen and oxygen atoms in total. The highest BCUT2D eigenvalue weighted by atomic mass is 32.2. The van der Waals surface area contributed by atoms with Gasteiger partial charge in [-0.3, -0.25) is 13.7 Å². The molecule has 0 spiro atoms. The number of hydrogen-bond donors (Lipinski definition) is 4.